The third-order valence-electron chi connectivity index (χ3n) is 13.4. The molecule has 438 valence electrons. The van der Waals surface area contributed by atoms with E-state index in [1.54, 1.807) is 0 Å². The molecule has 0 aliphatic carbocycles. The van der Waals surface area contributed by atoms with E-state index in [-0.39, 0.29) is 31.1 Å². The number of unbranched alkanes of at least 4 members (excludes halogenated alkanes) is 26. The number of esters is 3. The first-order valence-electron chi connectivity index (χ1n) is 32.0. The van der Waals surface area contributed by atoms with Crippen molar-refractivity contribution in [1.29, 1.82) is 0 Å². The van der Waals surface area contributed by atoms with Crippen molar-refractivity contribution in [2.75, 3.05) is 13.2 Å². The number of ether oxygens (including phenoxy) is 3. The zero-order valence-electron chi connectivity index (χ0n) is 50.2. The Balaban J connectivity index is 4.42. The molecule has 1 unspecified atom stereocenters. The van der Waals surface area contributed by atoms with E-state index in [2.05, 4.69) is 142 Å². The summed E-state index contributed by atoms with van der Waals surface area (Å²) in [5.74, 6) is -0.946. The van der Waals surface area contributed by atoms with Crippen LogP contribution in [0.5, 0.6) is 0 Å². The van der Waals surface area contributed by atoms with Gasteiger partial charge in [-0.05, 0) is 128 Å². The van der Waals surface area contributed by atoms with Gasteiger partial charge in [-0.1, -0.05) is 264 Å². The van der Waals surface area contributed by atoms with Crippen LogP contribution in [-0.4, -0.2) is 37.2 Å². The molecular formula is C71H118O6. The summed E-state index contributed by atoms with van der Waals surface area (Å²) in [5.41, 5.74) is 0. The van der Waals surface area contributed by atoms with Crippen LogP contribution in [0.3, 0.4) is 0 Å². The highest BCUT2D eigenvalue weighted by Gasteiger charge is 2.19. The maximum absolute atomic E-state index is 12.9. The standard InChI is InChI=1S/C71H118O6/c1-4-7-10-13-16-19-22-25-28-30-32-34-35-37-38-40-43-46-49-52-55-58-61-64-70(73)76-67-68(66-75-69(72)63-60-57-54-51-48-45-42-27-24-21-18-15-12-9-6-3)77-71(74)65-62-59-56-53-50-47-44-41-39-36-33-31-29-26-23-20-17-14-11-8-5-2/h8-9,11-12,17-18,20-22,25-27,29-30,32-33,36,42,48,51,68H,4-7,10,13-16,19,23-24,28,31,34-35,37-41,43-47,49-50,52-67H2,1-3H3/b11-8-,12-9-,20-17-,21-18-,25-22-,29-26-,32-30-,36-33-,42-27-,51-48-. The maximum atomic E-state index is 12.9. The molecule has 77 heavy (non-hydrogen) atoms. The van der Waals surface area contributed by atoms with Gasteiger partial charge in [-0.15, -0.1) is 0 Å². The predicted octanol–water partition coefficient (Wildman–Crippen LogP) is 22.0. The highest BCUT2D eigenvalue weighted by Crippen LogP contribution is 2.15. The van der Waals surface area contributed by atoms with Gasteiger partial charge in [0.2, 0.25) is 0 Å². The molecule has 0 spiro atoms. The smallest absolute Gasteiger partial charge is 0.306 e. The van der Waals surface area contributed by atoms with Gasteiger partial charge in [-0.3, -0.25) is 14.4 Å². The van der Waals surface area contributed by atoms with Gasteiger partial charge in [-0.2, -0.15) is 0 Å². The van der Waals surface area contributed by atoms with Crippen LogP contribution in [0.4, 0.5) is 0 Å². The van der Waals surface area contributed by atoms with Gasteiger partial charge in [0.1, 0.15) is 13.2 Å². The highest BCUT2D eigenvalue weighted by molar-refractivity contribution is 5.71. The summed E-state index contributed by atoms with van der Waals surface area (Å²) in [6.45, 7) is 6.38. The summed E-state index contributed by atoms with van der Waals surface area (Å²) in [4.78, 5) is 38.3. The minimum atomic E-state index is -0.805. The Morgan fingerprint density at radius 3 is 0.818 bits per heavy atom. The second-order valence-electron chi connectivity index (χ2n) is 20.9. The number of allylic oxidation sites excluding steroid dienone is 20. The fraction of sp³-hybridized carbons (Fsp3) is 0.676. The van der Waals surface area contributed by atoms with Crippen LogP contribution in [0.25, 0.3) is 0 Å². The van der Waals surface area contributed by atoms with Crippen molar-refractivity contribution >= 4 is 17.9 Å². The van der Waals surface area contributed by atoms with Crippen LogP contribution in [-0.2, 0) is 28.6 Å². The number of rotatable bonds is 57. The quantitative estimate of drug-likeness (QED) is 0.0261. The maximum Gasteiger partial charge on any atom is 0.306 e. The lowest BCUT2D eigenvalue weighted by Gasteiger charge is -2.18. The van der Waals surface area contributed by atoms with Gasteiger partial charge in [0.15, 0.2) is 6.10 Å². The van der Waals surface area contributed by atoms with Gasteiger partial charge in [0, 0.05) is 19.3 Å². The molecular weight excluding hydrogens is 949 g/mol. The molecule has 0 heterocycles. The van der Waals surface area contributed by atoms with E-state index in [0.29, 0.717) is 19.3 Å². The van der Waals surface area contributed by atoms with Crippen molar-refractivity contribution < 1.29 is 28.6 Å². The number of hydrogen-bond donors (Lipinski definition) is 0. The first kappa shape index (κ1) is 72.8. The minimum Gasteiger partial charge on any atom is -0.462 e. The minimum absolute atomic E-state index is 0.0976. The van der Waals surface area contributed by atoms with E-state index < -0.39 is 6.10 Å². The van der Waals surface area contributed by atoms with Gasteiger partial charge in [-0.25, -0.2) is 0 Å². The summed E-state index contributed by atoms with van der Waals surface area (Å²) in [5, 5.41) is 0. The number of carbonyl (C=O) groups is 3. The molecule has 0 aromatic carbocycles. The van der Waals surface area contributed by atoms with Crippen LogP contribution in [0.1, 0.15) is 290 Å². The van der Waals surface area contributed by atoms with Crippen LogP contribution < -0.4 is 0 Å². The lowest BCUT2D eigenvalue weighted by atomic mass is 10.0. The molecule has 6 nitrogen and oxygen atoms in total. The Labute approximate surface area is 475 Å². The first-order valence-corrected chi connectivity index (χ1v) is 32.0. The average Bonchev–Trinajstić information content (AvgIpc) is 3.43. The van der Waals surface area contributed by atoms with Crippen molar-refractivity contribution in [2.45, 2.75) is 297 Å². The van der Waals surface area contributed by atoms with Gasteiger partial charge in [0.05, 0.1) is 0 Å². The van der Waals surface area contributed by atoms with Gasteiger partial charge >= 0.3 is 17.9 Å². The number of carbonyl (C=O) groups excluding carboxylic acids is 3. The fourth-order valence-corrected chi connectivity index (χ4v) is 8.69. The van der Waals surface area contributed by atoms with Crippen LogP contribution >= 0.6 is 0 Å². The summed E-state index contributed by atoms with van der Waals surface area (Å²) in [6, 6.07) is 0. The summed E-state index contributed by atoms with van der Waals surface area (Å²) >= 11 is 0. The molecule has 0 amide bonds. The van der Waals surface area contributed by atoms with Gasteiger partial charge in [0.25, 0.3) is 0 Å². The second-order valence-corrected chi connectivity index (χ2v) is 20.9. The van der Waals surface area contributed by atoms with Crippen LogP contribution in [0, 0.1) is 0 Å². The van der Waals surface area contributed by atoms with Crippen LogP contribution in [0.2, 0.25) is 0 Å². The Morgan fingerprint density at radius 2 is 0.506 bits per heavy atom. The fourth-order valence-electron chi connectivity index (χ4n) is 8.69. The third-order valence-corrected chi connectivity index (χ3v) is 13.4. The van der Waals surface area contributed by atoms with E-state index in [1.165, 1.54) is 128 Å². The third kappa shape index (κ3) is 62.5. The molecule has 0 aliphatic heterocycles. The average molecular weight is 1070 g/mol. The van der Waals surface area contributed by atoms with Crippen molar-refractivity contribution in [3.63, 3.8) is 0 Å². The highest BCUT2D eigenvalue weighted by atomic mass is 16.6. The van der Waals surface area contributed by atoms with E-state index in [0.717, 1.165) is 122 Å². The normalized spacial score (nSPS) is 12.9. The SMILES string of the molecule is CC/C=C\C/C=C\C/C=C\C/C=C\CCCCCCCCCCC(=O)OC(COC(=O)CCCC/C=C\C/C=C\C/C=C\C/C=C\CC)COC(=O)CCCCCCCCCCCCC/C=C\C/C=C\CCCCCCC. The number of hydrogen-bond acceptors (Lipinski definition) is 6. The van der Waals surface area contributed by atoms with Crippen molar-refractivity contribution in [2.24, 2.45) is 0 Å². The molecule has 6 heteroatoms. The second kappa shape index (κ2) is 64.3. The molecule has 0 aromatic heterocycles. The Bertz CT molecular complexity index is 1600. The predicted molar refractivity (Wildman–Crippen MR) is 334 cm³/mol. The molecule has 0 aromatic rings. The molecule has 0 saturated heterocycles. The molecule has 0 aliphatic rings. The molecule has 0 N–H and O–H groups in total. The summed E-state index contributed by atoms with van der Waals surface area (Å²) < 4.78 is 16.9. The Morgan fingerprint density at radius 1 is 0.273 bits per heavy atom. The molecule has 0 rings (SSSR count). The van der Waals surface area contributed by atoms with Crippen LogP contribution in [0.15, 0.2) is 122 Å². The Hall–Kier alpha value is -4.19. The largest absolute Gasteiger partial charge is 0.462 e. The summed E-state index contributed by atoms with van der Waals surface area (Å²) in [6.07, 6.45) is 89.2. The lowest BCUT2D eigenvalue weighted by molar-refractivity contribution is -0.167. The van der Waals surface area contributed by atoms with Crippen molar-refractivity contribution in [3.8, 4) is 0 Å². The zero-order valence-corrected chi connectivity index (χ0v) is 50.2. The van der Waals surface area contributed by atoms with Crippen molar-refractivity contribution in [1.82, 2.24) is 0 Å². The molecule has 0 saturated carbocycles. The van der Waals surface area contributed by atoms with E-state index in [9.17, 15) is 14.4 Å². The molecule has 0 bridgehead atoms. The monoisotopic (exact) mass is 1070 g/mol. The van der Waals surface area contributed by atoms with Crippen molar-refractivity contribution in [3.05, 3.63) is 122 Å². The van der Waals surface area contributed by atoms with E-state index >= 15 is 0 Å². The first-order chi connectivity index (χ1) is 38.0. The zero-order chi connectivity index (χ0) is 55.7. The van der Waals surface area contributed by atoms with E-state index in [4.69, 9.17) is 14.2 Å². The van der Waals surface area contributed by atoms with E-state index in [1.807, 2.05) is 0 Å². The topological polar surface area (TPSA) is 78.9 Å². The molecule has 1 atom stereocenters. The summed E-state index contributed by atoms with van der Waals surface area (Å²) in [7, 11) is 0. The molecule has 0 radical (unpaired) electrons. The van der Waals surface area contributed by atoms with Gasteiger partial charge < -0.3 is 14.2 Å². The Kier molecular flexibility index (Phi) is 60.8. The molecule has 0 fully saturated rings. The lowest BCUT2D eigenvalue weighted by Crippen LogP contribution is -2.30.